The van der Waals surface area contributed by atoms with Gasteiger partial charge in [0.25, 0.3) is 0 Å². The Morgan fingerprint density at radius 3 is 2.46 bits per heavy atom. The predicted molar refractivity (Wildman–Crippen MR) is 89.3 cm³/mol. The van der Waals surface area contributed by atoms with Crippen LogP contribution in [0.4, 0.5) is 0 Å². The van der Waals surface area contributed by atoms with E-state index in [-0.39, 0.29) is 17.7 Å². The number of carboxylic acid groups (broad SMARTS) is 1. The zero-order valence-electron chi connectivity index (χ0n) is 14.6. The molecule has 1 fully saturated rings. The van der Waals surface area contributed by atoms with Gasteiger partial charge in [-0.05, 0) is 30.0 Å². The molecule has 0 bridgehead atoms. The minimum Gasteiger partial charge on any atom is -0.493 e. The monoisotopic (exact) mass is 335 g/mol. The molecule has 0 radical (unpaired) electrons. The number of ether oxygens (including phenoxy) is 2. The van der Waals surface area contributed by atoms with Crippen molar-refractivity contribution in [2.75, 3.05) is 27.3 Å². The molecule has 1 amide bonds. The van der Waals surface area contributed by atoms with Crippen LogP contribution in [0.3, 0.4) is 0 Å². The lowest BCUT2D eigenvalue weighted by molar-refractivity contribution is -0.142. The second kappa shape index (κ2) is 7.55. The highest BCUT2D eigenvalue weighted by atomic mass is 16.5. The highest BCUT2D eigenvalue weighted by Gasteiger charge is 2.38. The summed E-state index contributed by atoms with van der Waals surface area (Å²) in [5.74, 6) is -0.246. The van der Waals surface area contributed by atoms with Crippen molar-refractivity contribution in [2.45, 2.75) is 20.3 Å². The zero-order valence-corrected chi connectivity index (χ0v) is 14.6. The van der Waals surface area contributed by atoms with Crippen LogP contribution >= 0.6 is 0 Å². The topological polar surface area (TPSA) is 76.1 Å². The molecule has 3 atom stereocenters. The first-order chi connectivity index (χ1) is 11.4. The van der Waals surface area contributed by atoms with Crippen LogP contribution in [0.5, 0.6) is 11.5 Å². The average molecular weight is 335 g/mol. The third-order valence-corrected chi connectivity index (χ3v) is 4.65. The average Bonchev–Trinajstić information content (AvgIpc) is 2.95. The molecule has 1 unspecified atom stereocenters. The van der Waals surface area contributed by atoms with Gasteiger partial charge in [0.2, 0.25) is 5.91 Å². The molecule has 6 nitrogen and oxygen atoms in total. The van der Waals surface area contributed by atoms with Crippen molar-refractivity contribution in [3.05, 3.63) is 23.8 Å². The van der Waals surface area contributed by atoms with E-state index >= 15 is 0 Å². The number of nitrogens with zero attached hydrogens (tertiary/aromatic N) is 1. The first kappa shape index (κ1) is 18.1. The Hall–Kier alpha value is -2.24. The largest absolute Gasteiger partial charge is 0.493 e. The van der Waals surface area contributed by atoms with Crippen LogP contribution in [-0.4, -0.2) is 49.2 Å². The summed E-state index contributed by atoms with van der Waals surface area (Å²) in [4.78, 5) is 25.5. The summed E-state index contributed by atoms with van der Waals surface area (Å²) in [6.45, 7) is 4.56. The van der Waals surface area contributed by atoms with Gasteiger partial charge in [-0.3, -0.25) is 9.59 Å². The second-order valence-electron chi connectivity index (χ2n) is 6.46. The number of amides is 1. The fraction of sp³-hybridized carbons (Fsp3) is 0.556. The molecule has 1 saturated heterocycles. The van der Waals surface area contributed by atoms with Crippen LogP contribution < -0.4 is 9.47 Å². The fourth-order valence-electron chi connectivity index (χ4n) is 3.23. The number of likely N-dealkylation sites (tertiary alicyclic amines) is 1. The molecular weight excluding hydrogens is 310 g/mol. The summed E-state index contributed by atoms with van der Waals surface area (Å²) < 4.78 is 10.5. The van der Waals surface area contributed by atoms with Crippen molar-refractivity contribution in [1.29, 1.82) is 0 Å². The van der Waals surface area contributed by atoms with Crippen molar-refractivity contribution in [1.82, 2.24) is 4.90 Å². The number of carboxylic acids is 1. The maximum atomic E-state index is 12.6. The SMILES string of the molecule is COc1ccc(CC(C)C(=O)N2C[C@@H](C)[C@H](C(=O)O)C2)cc1OC. The molecule has 2 rings (SSSR count). The van der Waals surface area contributed by atoms with Gasteiger partial charge in [-0.1, -0.05) is 19.9 Å². The number of aliphatic carboxylic acids is 1. The molecular formula is C18H25NO5. The Bertz CT molecular complexity index is 615. The standard InChI is InChI=1S/C18H25NO5/c1-11(7-13-5-6-15(23-3)16(8-13)24-4)17(20)19-9-12(2)14(10-19)18(21)22/h5-6,8,11-12,14H,7,9-10H2,1-4H3,(H,21,22)/t11?,12-,14-/m1/s1. The number of hydrogen-bond donors (Lipinski definition) is 1. The number of carbonyl (C=O) groups excluding carboxylic acids is 1. The normalized spacial score (nSPS) is 21.4. The fourth-order valence-corrected chi connectivity index (χ4v) is 3.23. The van der Waals surface area contributed by atoms with Crippen molar-refractivity contribution >= 4 is 11.9 Å². The second-order valence-corrected chi connectivity index (χ2v) is 6.46. The molecule has 0 aromatic heterocycles. The summed E-state index contributed by atoms with van der Waals surface area (Å²) in [5.41, 5.74) is 0.982. The summed E-state index contributed by atoms with van der Waals surface area (Å²) in [5, 5.41) is 9.20. The van der Waals surface area contributed by atoms with Crippen molar-refractivity contribution < 1.29 is 24.2 Å². The van der Waals surface area contributed by atoms with Crippen LogP contribution in [0.15, 0.2) is 18.2 Å². The summed E-state index contributed by atoms with van der Waals surface area (Å²) in [7, 11) is 3.16. The summed E-state index contributed by atoms with van der Waals surface area (Å²) in [6, 6.07) is 5.61. The number of hydrogen-bond acceptors (Lipinski definition) is 4. The molecule has 1 aromatic carbocycles. The lowest BCUT2D eigenvalue weighted by Gasteiger charge is -2.21. The Balaban J connectivity index is 2.03. The van der Waals surface area contributed by atoms with Gasteiger partial charge in [0, 0.05) is 19.0 Å². The maximum absolute atomic E-state index is 12.6. The molecule has 1 heterocycles. The lowest BCUT2D eigenvalue weighted by Crippen LogP contribution is -2.35. The van der Waals surface area contributed by atoms with Gasteiger partial charge in [0.1, 0.15) is 0 Å². The summed E-state index contributed by atoms with van der Waals surface area (Å²) >= 11 is 0. The summed E-state index contributed by atoms with van der Waals surface area (Å²) in [6.07, 6.45) is 0.571. The third-order valence-electron chi connectivity index (χ3n) is 4.65. The molecule has 1 aliphatic rings. The van der Waals surface area contributed by atoms with E-state index in [1.54, 1.807) is 19.1 Å². The van der Waals surface area contributed by atoms with Crippen LogP contribution in [0.1, 0.15) is 19.4 Å². The molecule has 0 spiro atoms. The molecule has 0 aliphatic carbocycles. The van der Waals surface area contributed by atoms with Crippen LogP contribution in [0.25, 0.3) is 0 Å². The van der Waals surface area contributed by atoms with E-state index in [1.165, 1.54) is 0 Å². The van der Waals surface area contributed by atoms with E-state index in [0.29, 0.717) is 31.0 Å². The van der Waals surface area contributed by atoms with E-state index in [0.717, 1.165) is 5.56 Å². The number of methoxy groups -OCH3 is 2. The van der Waals surface area contributed by atoms with E-state index in [9.17, 15) is 14.7 Å². The zero-order chi connectivity index (χ0) is 17.9. The van der Waals surface area contributed by atoms with Crippen LogP contribution in [0.2, 0.25) is 0 Å². The van der Waals surface area contributed by atoms with Gasteiger partial charge in [-0.25, -0.2) is 0 Å². The Labute approximate surface area is 142 Å². The van der Waals surface area contributed by atoms with Gasteiger partial charge < -0.3 is 19.5 Å². The van der Waals surface area contributed by atoms with Gasteiger partial charge in [-0.15, -0.1) is 0 Å². The van der Waals surface area contributed by atoms with E-state index in [4.69, 9.17) is 9.47 Å². The molecule has 1 N–H and O–H groups in total. The quantitative estimate of drug-likeness (QED) is 0.861. The maximum Gasteiger partial charge on any atom is 0.308 e. The van der Waals surface area contributed by atoms with Gasteiger partial charge >= 0.3 is 5.97 Å². The van der Waals surface area contributed by atoms with Crippen molar-refractivity contribution in [3.8, 4) is 11.5 Å². The smallest absolute Gasteiger partial charge is 0.308 e. The molecule has 6 heteroatoms. The Kier molecular flexibility index (Phi) is 5.70. The van der Waals surface area contributed by atoms with Crippen LogP contribution in [-0.2, 0) is 16.0 Å². The number of benzene rings is 1. The molecule has 1 aliphatic heterocycles. The highest BCUT2D eigenvalue weighted by Crippen LogP contribution is 2.29. The third kappa shape index (κ3) is 3.80. The first-order valence-electron chi connectivity index (χ1n) is 8.09. The van der Waals surface area contributed by atoms with Gasteiger partial charge in [0.05, 0.1) is 20.1 Å². The van der Waals surface area contributed by atoms with Gasteiger partial charge in [-0.2, -0.15) is 0 Å². The van der Waals surface area contributed by atoms with Gasteiger partial charge in [0.15, 0.2) is 11.5 Å². The molecule has 24 heavy (non-hydrogen) atoms. The van der Waals surface area contributed by atoms with E-state index < -0.39 is 11.9 Å². The number of carbonyl (C=O) groups is 2. The molecule has 1 aromatic rings. The first-order valence-corrected chi connectivity index (χ1v) is 8.09. The van der Waals surface area contributed by atoms with E-state index in [2.05, 4.69) is 0 Å². The Morgan fingerprint density at radius 1 is 1.25 bits per heavy atom. The molecule has 132 valence electrons. The Morgan fingerprint density at radius 2 is 1.92 bits per heavy atom. The minimum atomic E-state index is -0.828. The number of rotatable bonds is 6. The van der Waals surface area contributed by atoms with E-state index in [1.807, 2.05) is 32.0 Å². The minimum absolute atomic E-state index is 0.000356. The predicted octanol–water partition coefficient (Wildman–Crippen LogP) is 2.06. The highest BCUT2D eigenvalue weighted by molar-refractivity contribution is 5.81. The molecule has 0 saturated carbocycles. The van der Waals surface area contributed by atoms with Crippen molar-refractivity contribution in [2.24, 2.45) is 17.8 Å². The van der Waals surface area contributed by atoms with Crippen molar-refractivity contribution in [3.63, 3.8) is 0 Å². The van der Waals surface area contributed by atoms with Crippen LogP contribution in [0, 0.1) is 17.8 Å². The lowest BCUT2D eigenvalue weighted by atomic mass is 9.99.